The van der Waals surface area contributed by atoms with Gasteiger partial charge in [-0.05, 0) is 38.1 Å². The van der Waals surface area contributed by atoms with E-state index in [0.29, 0.717) is 17.5 Å². The minimum absolute atomic E-state index is 0.0399. The maximum absolute atomic E-state index is 12.3. The maximum Gasteiger partial charge on any atom is 0.338 e. The van der Waals surface area contributed by atoms with E-state index in [4.69, 9.17) is 25.8 Å². The van der Waals surface area contributed by atoms with E-state index in [0.717, 1.165) is 11.1 Å². The van der Waals surface area contributed by atoms with Crippen molar-refractivity contribution in [3.63, 3.8) is 0 Å². The van der Waals surface area contributed by atoms with Crippen molar-refractivity contribution in [1.29, 1.82) is 0 Å². The van der Waals surface area contributed by atoms with Crippen LogP contribution in [0.3, 0.4) is 0 Å². The number of hydrogen-bond acceptors (Lipinski definition) is 5. The molecule has 3 atom stereocenters. The molecule has 0 bridgehead atoms. The van der Waals surface area contributed by atoms with Crippen LogP contribution in [-0.4, -0.2) is 36.3 Å². The largest absolute Gasteiger partial charge is 0.459 e. The van der Waals surface area contributed by atoms with Gasteiger partial charge in [-0.25, -0.2) is 9.59 Å². The van der Waals surface area contributed by atoms with Crippen molar-refractivity contribution in [2.45, 2.75) is 38.0 Å². The summed E-state index contributed by atoms with van der Waals surface area (Å²) in [6.07, 6.45) is -0.838. The van der Waals surface area contributed by atoms with Crippen molar-refractivity contribution >= 4 is 23.5 Å². The molecule has 0 N–H and O–H groups in total. The zero-order valence-electron chi connectivity index (χ0n) is 15.2. The maximum atomic E-state index is 12.3. The quantitative estimate of drug-likeness (QED) is 0.571. The Labute approximate surface area is 163 Å². The molecule has 1 heterocycles. The fraction of sp³-hybridized carbons (Fsp3) is 0.333. The summed E-state index contributed by atoms with van der Waals surface area (Å²) in [6.45, 7) is 3.84. The zero-order valence-corrected chi connectivity index (χ0v) is 15.9. The number of carbonyl (C=O) groups excluding carboxylic acids is 2. The smallest absolute Gasteiger partial charge is 0.338 e. The number of esters is 2. The van der Waals surface area contributed by atoms with Gasteiger partial charge in [-0.3, -0.25) is 0 Å². The number of benzene rings is 2. The molecular weight excluding hydrogens is 368 g/mol. The van der Waals surface area contributed by atoms with Crippen LogP contribution < -0.4 is 0 Å². The zero-order chi connectivity index (χ0) is 19.4. The summed E-state index contributed by atoms with van der Waals surface area (Å²) in [5.74, 6) is -0.913. The molecule has 5 nitrogen and oxygen atoms in total. The Kier molecular flexibility index (Phi) is 6.14. The molecule has 6 heteroatoms. The molecule has 1 aliphatic rings. The number of hydrogen-bond donors (Lipinski definition) is 0. The van der Waals surface area contributed by atoms with Crippen LogP contribution in [0.4, 0.5) is 0 Å². The molecule has 0 radical (unpaired) electrons. The van der Waals surface area contributed by atoms with Crippen LogP contribution in [0.5, 0.6) is 0 Å². The third-order valence-electron chi connectivity index (χ3n) is 4.37. The highest BCUT2D eigenvalue weighted by Crippen LogP contribution is 2.27. The lowest BCUT2D eigenvalue weighted by Crippen LogP contribution is -2.32. The first kappa shape index (κ1) is 19.4. The molecule has 0 aromatic heterocycles. The predicted octanol–water partition coefficient (Wildman–Crippen LogP) is 4.04. The second-order valence-electron chi connectivity index (χ2n) is 6.59. The molecule has 1 saturated heterocycles. The van der Waals surface area contributed by atoms with Crippen molar-refractivity contribution in [3.05, 3.63) is 70.8 Å². The molecule has 27 heavy (non-hydrogen) atoms. The van der Waals surface area contributed by atoms with Gasteiger partial charge in [0, 0.05) is 6.42 Å². The average molecular weight is 389 g/mol. The Balaban J connectivity index is 1.58. The summed E-state index contributed by atoms with van der Waals surface area (Å²) in [6, 6.07) is 14.2. The molecule has 0 saturated carbocycles. The van der Waals surface area contributed by atoms with Crippen LogP contribution in [0, 0.1) is 13.8 Å². The van der Waals surface area contributed by atoms with Gasteiger partial charge in [0.05, 0.1) is 11.1 Å². The molecule has 142 valence electrons. The summed E-state index contributed by atoms with van der Waals surface area (Å²) in [4.78, 5) is 24.5. The van der Waals surface area contributed by atoms with Crippen LogP contribution in [0.15, 0.2) is 48.5 Å². The molecule has 1 aliphatic heterocycles. The van der Waals surface area contributed by atoms with Crippen molar-refractivity contribution in [2.24, 2.45) is 0 Å². The van der Waals surface area contributed by atoms with E-state index in [1.807, 2.05) is 38.1 Å². The molecule has 2 aromatic carbocycles. The molecule has 0 aliphatic carbocycles. The number of alkyl halides is 1. The van der Waals surface area contributed by atoms with E-state index in [-0.39, 0.29) is 6.61 Å². The van der Waals surface area contributed by atoms with E-state index in [1.54, 1.807) is 24.3 Å². The predicted molar refractivity (Wildman–Crippen MR) is 101 cm³/mol. The van der Waals surface area contributed by atoms with E-state index in [2.05, 4.69) is 0 Å². The van der Waals surface area contributed by atoms with Crippen LogP contribution in [-0.2, 0) is 14.2 Å². The van der Waals surface area contributed by atoms with Crippen LogP contribution in [0.25, 0.3) is 0 Å². The first-order valence-electron chi connectivity index (χ1n) is 8.73. The van der Waals surface area contributed by atoms with E-state index in [1.165, 1.54) is 0 Å². The van der Waals surface area contributed by atoms with E-state index < -0.39 is 29.7 Å². The lowest BCUT2D eigenvalue weighted by molar-refractivity contribution is -0.0322. The second kappa shape index (κ2) is 8.55. The number of carbonyl (C=O) groups is 2. The third kappa shape index (κ3) is 5.08. The number of ether oxygens (including phenoxy) is 3. The van der Waals surface area contributed by atoms with E-state index in [9.17, 15) is 9.59 Å². The Morgan fingerprint density at radius 1 is 0.963 bits per heavy atom. The summed E-state index contributed by atoms with van der Waals surface area (Å²) in [5, 5.41) is 0. The van der Waals surface area contributed by atoms with Crippen molar-refractivity contribution in [2.75, 3.05) is 6.61 Å². The average Bonchev–Trinajstić information content (AvgIpc) is 3.00. The summed E-state index contributed by atoms with van der Waals surface area (Å²) >= 11 is 6.05. The first-order valence-corrected chi connectivity index (χ1v) is 9.17. The lowest BCUT2D eigenvalue weighted by Gasteiger charge is -2.19. The summed E-state index contributed by atoms with van der Waals surface area (Å²) in [5.41, 5.74) is 2.42. The monoisotopic (exact) mass is 388 g/mol. The molecule has 1 fully saturated rings. The van der Waals surface area contributed by atoms with Crippen molar-refractivity contribution in [3.8, 4) is 0 Å². The number of rotatable bonds is 5. The standard InChI is InChI=1S/C21H21ClO5/c1-13-3-7-15(8-4-13)20(23)25-12-18-17(11-19(22)26-18)27-21(24)16-9-5-14(2)6-10-16/h3-10,17-19H,11-12H2,1-2H3/t17?,18-,19?/m1/s1. The Morgan fingerprint density at radius 3 is 2.04 bits per heavy atom. The van der Waals surface area contributed by atoms with Crippen LogP contribution >= 0.6 is 11.6 Å². The van der Waals surface area contributed by atoms with Crippen molar-refractivity contribution in [1.82, 2.24) is 0 Å². The van der Waals surface area contributed by atoms with Gasteiger partial charge < -0.3 is 14.2 Å². The van der Waals surface area contributed by atoms with Gasteiger partial charge in [0.15, 0.2) is 0 Å². The Morgan fingerprint density at radius 2 is 1.48 bits per heavy atom. The second-order valence-corrected chi connectivity index (χ2v) is 7.08. The SMILES string of the molecule is Cc1ccc(C(=O)OC[C@H]2OC(Cl)CC2OC(=O)c2ccc(C)cc2)cc1. The third-order valence-corrected chi connectivity index (χ3v) is 4.65. The van der Waals surface area contributed by atoms with Gasteiger partial charge in [0.2, 0.25) is 0 Å². The normalized spacial score (nSPS) is 21.7. The van der Waals surface area contributed by atoms with E-state index >= 15 is 0 Å². The topological polar surface area (TPSA) is 61.8 Å². The highest BCUT2D eigenvalue weighted by atomic mass is 35.5. The highest BCUT2D eigenvalue weighted by molar-refractivity contribution is 6.19. The molecule has 2 unspecified atom stereocenters. The summed E-state index contributed by atoms with van der Waals surface area (Å²) < 4.78 is 16.4. The number of halogens is 1. The molecule has 2 aromatic rings. The minimum atomic E-state index is -0.601. The van der Waals surface area contributed by atoms with Gasteiger partial charge >= 0.3 is 11.9 Å². The summed E-state index contributed by atoms with van der Waals surface area (Å²) in [7, 11) is 0. The van der Waals surface area contributed by atoms with Gasteiger partial charge in [0.1, 0.15) is 24.4 Å². The van der Waals surface area contributed by atoms with Gasteiger partial charge in [-0.2, -0.15) is 0 Å². The first-order chi connectivity index (χ1) is 12.9. The van der Waals surface area contributed by atoms with Crippen molar-refractivity contribution < 1.29 is 23.8 Å². The molecular formula is C21H21ClO5. The van der Waals surface area contributed by atoms with Gasteiger partial charge in [-0.15, -0.1) is 0 Å². The molecule has 0 spiro atoms. The molecule has 3 rings (SSSR count). The lowest BCUT2D eigenvalue weighted by atomic mass is 10.1. The minimum Gasteiger partial charge on any atom is -0.459 e. The Hall–Kier alpha value is -2.37. The van der Waals surface area contributed by atoms with Gasteiger partial charge in [-0.1, -0.05) is 47.0 Å². The fourth-order valence-corrected chi connectivity index (χ4v) is 3.07. The van der Waals surface area contributed by atoms with Crippen LogP contribution in [0.1, 0.15) is 38.3 Å². The van der Waals surface area contributed by atoms with Crippen LogP contribution in [0.2, 0.25) is 0 Å². The van der Waals surface area contributed by atoms with Gasteiger partial charge in [0.25, 0.3) is 0 Å². The highest BCUT2D eigenvalue weighted by Gasteiger charge is 2.38. The fourth-order valence-electron chi connectivity index (χ4n) is 2.76. The molecule has 0 amide bonds. The Bertz CT molecular complexity index is 800. The number of aryl methyl sites for hydroxylation is 2.